The Balaban J connectivity index is 2.36. The van der Waals surface area contributed by atoms with E-state index in [4.69, 9.17) is 0 Å². The van der Waals surface area contributed by atoms with Crippen LogP contribution < -0.4 is 0 Å². The summed E-state index contributed by atoms with van der Waals surface area (Å²) in [7, 11) is 0. The zero-order valence-corrected chi connectivity index (χ0v) is 10.7. The van der Waals surface area contributed by atoms with Crippen molar-refractivity contribution in [1.82, 2.24) is 4.90 Å². The van der Waals surface area contributed by atoms with Crippen molar-refractivity contribution < 1.29 is 4.79 Å². The molecule has 1 rings (SSSR count). The van der Waals surface area contributed by atoms with Crippen molar-refractivity contribution >= 4 is 5.78 Å². The Bertz CT molecular complexity index is 217. The Morgan fingerprint density at radius 3 is 2.60 bits per heavy atom. The van der Waals surface area contributed by atoms with E-state index in [1.54, 1.807) is 6.92 Å². The number of carbonyl (C=O) groups is 1. The number of ketones is 1. The van der Waals surface area contributed by atoms with Gasteiger partial charge in [-0.3, -0.25) is 9.69 Å². The molecular formula is C13H25NO. The van der Waals surface area contributed by atoms with Crippen molar-refractivity contribution in [2.75, 3.05) is 13.1 Å². The van der Waals surface area contributed by atoms with Crippen molar-refractivity contribution in [3.8, 4) is 0 Å². The average Bonchev–Trinajstić information content (AvgIpc) is 2.46. The second-order valence-electron chi connectivity index (χ2n) is 6.05. The van der Waals surface area contributed by atoms with Gasteiger partial charge in [-0.05, 0) is 44.7 Å². The molecule has 0 spiro atoms. The molecule has 1 atom stereocenters. The number of hydrogen-bond acceptors (Lipinski definition) is 2. The molecule has 1 heterocycles. The second kappa shape index (κ2) is 5.11. The maximum atomic E-state index is 11.1. The lowest BCUT2D eigenvalue weighted by Crippen LogP contribution is -2.33. The third-order valence-electron chi connectivity index (χ3n) is 3.17. The fraction of sp³-hybridized carbons (Fsp3) is 0.923. The van der Waals surface area contributed by atoms with Crippen molar-refractivity contribution in [2.24, 2.45) is 5.41 Å². The summed E-state index contributed by atoms with van der Waals surface area (Å²) in [5, 5.41) is 0. The van der Waals surface area contributed by atoms with E-state index in [0.717, 1.165) is 13.0 Å². The first-order chi connectivity index (χ1) is 6.88. The fourth-order valence-corrected chi connectivity index (χ4v) is 2.23. The summed E-state index contributed by atoms with van der Waals surface area (Å²) in [6.45, 7) is 10.9. The van der Waals surface area contributed by atoms with Crippen molar-refractivity contribution in [3.05, 3.63) is 0 Å². The summed E-state index contributed by atoms with van der Waals surface area (Å²) in [6, 6.07) is 0.532. The van der Waals surface area contributed by atoms with Gasteiger partial charge in [0.15, 0.2) is 0 Å². The van der Waals surface area contributed by atoms with E-state index < -0.39 is 0 Å². The maximum Gasteiger partial charge on any atom is 0.131 e. The van der Waals surface area contributed by atoms with Crippen LogP contribution in [0.2, 0.25) is 0 Å². The summed E-state index contributed by atoms with van der Waals surface area (Å²) in [6.07, 6.45) is 4.46. The highest BCUT2D eigenvalue weighted by Gasteiger charge is 2.26. The highest BCUT2D eigenvalue weighted by molar-refractivity contribution is 5.76. The lowest BCUT2D eigenvalue weighted by Gasteiger charge is -2.27. The van der Waals surface area contributed by atoms with E-state index in [0.29, 0.717) is 17.2 Å². The molecule has 1 aliphatic heterocycles. The molecule has 2 nitrogen and oxygen atoms in total. The van der Waals surface area contributed by atoms with E-state index in [1.165, 1.54) is 25.8 Å². The molecule has 2 heteroatoms. The van der Waals surface area contributed by atoms with Crippen LogP contribution in [0.25, 0.3) is 0 Å². The fourth-order valence-electron chi connectivity index (χ4n) is 2.23. The Morgan fingerprint density at radius 1 is 1.40 bits per heavy atom. The highest BCUT2D eigenvalue weighted by Crippen LogP contribution is 2.24. The summed E-state index contributed by atoms with van der Waals surface area (Å²) >= 11 is 0. The summed E-state index contributed by atoms with van der Waals surface area (Å²) in [5.74, 6) is 0.336. The first kappa shape index (κ1) is 12.7. The quantitative estimate of drug-likeness (QED) is 0.712. The van der Waals surface area contributed by atoms with Gasteiger partial charge in [0.1, 0.15) is 5.78 Å². The molecule has 88 valence electrons. The van der Waals surface area contributed by atoms with Gasteiger partial charge in [0.05, 0.1) is 0 Å². The van der Waals surface area contributed by atoms with Crippen LogP contribution in [0.4, 0.5) is 0 Å². The van der Waals surface area contributed by atoms with Crippen LogP contribution in [0, 0.1) is 5.41 Å². The van der Waals surface area contributed by atoms with Gasteiger partial charge in [-0.25, -0.2) is 0 Å². The largest absolute Gasteiger partial charge is 0.300 e. The van der Waals surface area contributed by atoms with Crippen LogP contribution in [0.5, 0.6) is 0 Å². The Labute approximate surface area is 94.0 Å². The van der Waals surface area contributed by atoms with Crippen molar-refractivity contribution in [2.45, 2.75) is 59.4 Å². The minimum Gasteiger partial charge on any atom is -0.300 e. The Morgan fingerprint density at radius 2 is 2.07 bits per heavy atom. The average molecular weight is 211 g/mol. The lowest BCUT2D eigenvalue weighted by atomic mass is 9.92. The molecule has 1 fully saturated rings. The van der Waals surface area contributed by atoms with Gasteiger partial charge in [0.25, 0.3) is 0 Å². The molecule has 0 aromatic carbocycles. The van der Waals surface area contributed by atoms with Crippen molar-refractivity contribution in [1.29, 1.82) is 0 Å². The Kier molecular flexibility index (Phi) is 4.32. The van der Waals surface area contributed by atoms with Crippen LogP contribution in [0.3, 0.4) is 0 Å². The van der Waals surface area contributed by atoms with Crippen LogP contribution >= 0.6 is 0 Å². The summed E-state index contributed by atoms with van der Waals surface area (Å²) < 4.78 is 0. The van der Waals surface area contributed by atoms with E-state index in [9.17, 15) is 4.79 Å². The van der Waals surface area contributed by atoms with Gasteiger partial charge in [-0.15, -0.1) is 0 Å². The topological polar surface area (TPSA) is 20.3 Å². The zero-order valence-electron chi connectivity index (χ0n) is 10.7. The third-order valence-corrected chi connectivity index (χ3v) is 3.17. The zero-order chi connectivity index (χ0) is 11.5. The van der Waals surface area contributed by atoms with Gasteiger partial charge in [0, 0.05) is 12.5 Å². The van der Waals surface area contributed by atoms with E-state index >= 15 is 0 Å². The molecule has 15 heavy (non-hydrogen) atoms. The molecule has 0 amide bonds. The molecule has 1 aliphatic rings. The third kappa shape index (κ3) is 4.78. The highest BCUT2D eigenvalue weighted by atomic mass is 16.1. The molecule has 1 saturated heterocycles. The molecule has 0 aromatic rings. The summed E-state index contributed by atoms with van der Waals surface area (Å²) in [4.78, 5) is 13.6. The van der Waals surface area contributed by atoms with E-state index in [-0.39, 0.29) is 0 Å². The number of likely N-dealkylation sites (tertiary alicyclic amines) is 1. The molecule has 0 saturated carbocycles. The van der Waals surface area contributed by atoms with Crippen LogP contribution in [-0.2, 0) is 4.79 Å². The number of hydrogen-bond donors (Lipinski definition) is 0. The van der Waals surface area contributed by atoms with E-state index in [2.05, 4.69) is 25.7 Å². The van der Waals surface area contributed by atoms with Gasteiger partial charge >= 0.3 is 0 Å². The number of carbonyl (C=O) groups excluding carboxylic acids is 1. The SMILES string of the molecule is CC(=O)CC1CCCN1CCC(C)(C)C. The maximum absolute atomic E-state index is 11.1. The number of nitrogens with zero attached hydrogens (tertiary/aromatic N) is 1. The normalized spacial score (nSPS) is 23.3. The smallest absolute Gasteiger partial charge is 0.131 e. The standard InChI is InChI=1S/C13H25NO/c1-11(15)10-12-6-5-8-14(12)9-7-13(2,3)4/h12H,5-10H2,1-4H3. The van der Waals surface area contributed by atoms with Gasteiger partial charge < -0.3 is 0 Å². The number of rotatable bonds is 4. The predicted octanol–water partition coefficient (Wildman–Crippen LogP) is 2.87. The summed E-state index contributed by atoms with van der Waals surface area (Å²) in [5.41, 5.74) is 0.406. The van der Waals surface area contributed by atoms with Gasteiger partial charge in [-0.1, -0.05) is 20.8 Å². The van der Waals surface area contributed by atoms with E-state index in [1.807, 2.05) is 0 Å². The minimum absolute atomic E-state index is 0.336. The molecule has 1 unspecified atom stereocenters. The molecule has 0 bridgehead atoms. The predicted molar refractivity (Wildman–Crippen MR) is 64.0 cm³/mol. The molecule has 0 radical (unpaired) electrons. The number of Topliss-reactive ketones (excluding diaryl/α,β-unsaturated/α-hetero) is 1. The molecule has 0 aromatic heterocycles. The molecule has 0 N–H and O–H groups in total. The van der Waals surface area contributed by atoms with Crippen LogP contribution in [0.15, 0.2) is 0 Å². The van der Waals surface area contributed by atoms with Crippen molar-refractivity contribution in [3.63, 3.8) is 0 Å². The monoisotopic (exact) mass is 211 g/mol. The first-order valence-electron chi connectivity index (χ1n) is 6.12. The second-order valence-corrected chi connectivity index (χ2v) is 6.05. The minimum atomic E-state index is 0.336. The molecule has 0 aliphatic carbocycles. The van der Waals surface area contributed by atoms with Gasteiger partial charge in [0.2, 0.25) is 0 Å². The van der Waals surface area contributed by atoms with Crippen LogP contribution in [-0.4, -0.2) is 29.8 Å². The van der Waals surface area contributed by atoms with Crippen LogP contribution in [0.1, 0.15) is 53.4 Å². The Hall–Kier alpha value is -0.370. The lowest BCUT2D eigenvalue weighted by molar-refractivity contribution is -0.118. The van der Waals surface area contributed by atoms with Gasteiger partial charge in [-0.2, -0.15) is 0 Å². The first-order valence-corrected chi connectivity index (χ1v) is 6.12. The molecular weight excluding hydrogens is 186 g/mol.